The highest BCUT2D eigenvalue weighted by molar-refractivity contribution is 7.88. The fourth-order valence-electron chi connectivity index (χ4n) is 3.10. The second kappa shape index (κ2) is 9.47. The Morgan fingerprint density at radius 3 is 2.57 bits per heavy atom. The average Bonchev–Trinajstić information content (AvgIpc) is 2.80. The molecule has 4 N–H and O–H groups in total. The quantitative estimate of drug-likeness (QED) is 0.438. The van der Waals surface area contributed by atoms with E-state index in [2.05, 4.69) is 35.8 Å². The molecule has 0 spiro atoms. The van der Waals surface area contributed by atoms with E-state index in [1.54, 1.807) is 0 Å². The van der Waals surface area contributed by atoms with E-state index in [1.807, 2.05) is 0 Å². The van der Waals surface area contributed by atoms with Crippen LogP contribution in [0.15, 0.2) is 4.99 Å². The molecule has 0 radical (unpaired) electrons. The van der Waals surface area contributed by atoms with Gasteiger partial charge in [0.25, 0.3) is 0 Å². The van der Waals surface area contributed by atoms with Crippen LogP contribution in [0.3, 0.4) is 0 Å². The molecule has 6 nitrogen and oxygen atoms in total. The Morgan fingerprint density at radius 1 is 1.26 bits per heavy atom. The summed E-state index contributed by atoms with van der Waals surface area (Å²) >= 11 is 0. The molecule has 0 saturated heterocycles. The second-order valence-corrected chi connectivity index (χ2v) is 9.06. The maximum atomic E-state index is 11.4. The third-order valence-electron chi connectivity index (χ3n) is 4.33. The molecule has 23 heavy (non-hydrogen) atoms. The molecule has 0 aromatic carbocycles. The van der Waals surface area contributed by atoms with Crippen molar-refractivity contribution in [1.29, 1.82) is 0 Å². The summed E-state index contributed by atoms with van der Waals surface area (Å²) in [5, 5.41) is 3.23. The van der Waals surface area contributed by atoms with Crippen LogP contribution in [0.4, 0.5) is 0 Å². The molecule has 136 valence electrons. The molecule has 0 aliphatic heterocycles. The normalized spacial score (nSPS) is 24.1. The molecule has 3 atom stereocenters. The predicted molar refractivity (Wildman–Crippen MR) is 96.9 cm³/mol. The first-order chi connectivity index (χ1) is 10.7. The van der Waals surface area contributed by atoms with Gasteiger partial charge in [-0.05, 0) is 38.0 Å². The Hall–Kier alpha value is -0.820. The van der Waals surface area contributed by atoms with Crippen LogP contribution in [0.1, 0.15) is 59.3 Å². The van der Waals surface area contributed by atoms with E-state index in [-0.39, 0.29) is 12.0 Å². The van der Waals surface area contributed by atoms with E-state index < -0.39 is 10.0 Å². The van der Waals surface area contributed by atoms with Crippen LogP contribution < -0.4 is 15.8 Å². The zero-order chi connectivity index (χ0) is 17.5. The highest BCUT2D eigenvalue weighted by Gasteiger charge is 2.29. The first kappa shape index (κ1) is 20.2. The van der Waals surface area contributed by atoms with Crippen LogP contribution in [0.25, 0.3) is 0 Å². The number of hydrogen-bond acceptors (Lipinski definition) is 3. The van der Waals surface area contributed by atoms with Crippen molar-refractivity contribution in [2.24, 2.45) is 22.6 Å². The van der Waals surface area contributed by atoms with Gasteiger partial charge in [-0.25, -0.2) is 13.1 Å². The molecule has 0 bridgehead atoms. The largest absolute Gasteiger partial charge is 0.370 e. The Morgan fingerprint density at radius 2 is 1.96 bits per heavy atom. The van der Waals surface area contributed by atoms with E-state index >= 15 is 0 Å². The third kappa shape index (κ3) is 9.15. The monoisotopic (exact) mass is 346 g/mol. The molecule has 3 unspecified atom stereocenters. The first-order valence-corrected chi connectivity index (χ1v) is 10.6. The Balaban J connectivity index is 2.37. The lowest BCUT2D eigenvalue weighted by atomic mass is 10.0. The summed E-state index contributed by atoms with van der Waals surface area (Å²) in [7, 11) is -3.16. The van der Waals surface area contributed by atoms with Crippen molar-refractivity contribution in [3.63, 3.8) is 0 Å². The molecule has 0 heterocycles. The lowest BCUT2D eigenvalue weighted by Gasteiger charge is -2.19. The number of nitrogens with one attached hydrogen (secondary N) is 2. The third-order valence-corrected chi connectivity index (χ3v) is 5.06. The van der Waals surface area contributed by atoms with E-state index in [0.29, 0.717) is 18.5 Å². The Bertz CT molecular complexity index is 476. The molecule has 7 heteroatoms. The van der Waals surface area contributed by atoms with Gasteiger partial charge in [0, 0.05) is 18.6 Å². The van der Waals surface area contributed by atoms with Gasteiger partial charge >= 0.3 is 0 Å². The number of aliphatic imine (C=N–C) groups is 1. The van der Waals surface area contributed by atoms with E-state index in [9.17, 15) is 8.42 Å². The van der Waals surface area contributed by atoms with E-state index in [0.717, 1.165) is 31.6 Å². The SMILES string of the molecule is CC(C)CCCC(C)NC(N)=NCC1CCCC1NS(C)(=O)=O. The number of nitrogens with zero attached hydrogens (tertiary/aromatic N) is 1. The van der Waals surface area contributed by atoms with Crippen LogP contribution in [-0.2, 0) is 10.0 Å². The maximum Gasteiger partial charge on any atom is 0.208 e. The fraction of sp³-hybridized carbons (Fsp3) is 0.938. The zero-order valence-electron chi connectivity index (χ0n) is 15.0. The minimum atomic E-state index is -3.16. The van der Waals surface area contributed by atoms with Crippen LogP contribution in [0.5, 0.6) is 0 Å². The lowest BCUT2D eigenvalue weighted by Crippen LogP contribution is -2.40. The number of rotatable bonds is 9. The van der Waals surface area contributed by atoms with E-state index in [1.165, 1.54) is 19.1 Å². The van der Waals surface area contributed by atoms with Crippen molar-refractivity contribution in [2.75, 3.05) is 12.8 Å². The van der Waals surface area contributed by atoms with Crippen LogP contribution in [0.2, 0.25) is 0 Å². The molecule has 0 aromatic heterocycles. The van der Waals surface area contributed by atoms with Gasteiger partial charge in [0.1, 0.15) is 0 Å². The molecular weight excluding hydrogens is 312 g/mol. The van der Waals surface area contributed by atoms with Crippen molar-refractivity contribution in [3.8, 4) is 0 Å². The fourth-order valence-corrected chi connectivity index (χ4v) is 3.96. The van der Waals surface area contributed by atoms with Crippen molar-refractivity contribution in [3.05, 3.63) is 0 Å². The Kier molecular flexibility index (Phi) is 8.33. The summed E-state index contributed by atoms with van der Waals surface area (Å²) in [6.45, 7) is 7.16. The van der Waals surface area contributed by atoms with Gasteiger partial charge < -0.3 is 11.1 Å². The summed E-state index contributed by atoms with van der Waals surface area (Å²) < 4.78 is 25.5. The lowest BCUT2D eigenvalue weighted by molar-refractivity contribution is 0.453. The number of nitrogens with two attached hydrogens (primary N) is 1. The molecular formula is C16H34N4O2S. The standard InChI is InChI=1S/C16H34N4O2S/c1-12(2)7-5-8-13(3)19-16(17)18-11-14-9-6-10-15(14)20-23(4,21)22/h12-15,20H,5-11H2,1-4H3,(H3,17,18,19). The van der Waals surface area contributed by atoms with Gasteiger partial charge in [-0.3, -0.25) is 4.99 Å². The Labute approximate surface area is 141 Å². The van der Waals surface area contributed by atoms with Crippen molar-refractivity contribution in [2.45, 2.75) is 71.4 Å². The maximum absolute atomic E-state index is 11.4. The molecule has 1 aliphatic rings. The summed E-state index contributed by atoms with van der Waals surface area (Å²) in [5.74, 6) is 1.43. The summed E-state index contributed by atoms with van der Waals surface area (Å²) in [5.41, 5.74) is 5.96. The molecule has 0 amide bonds. The summed E-state index contributed by atoms with van der Waals surface area (Å²) in [6, 6.07) is 0.302. The van der Waals surface area contributed by atoms with Crippen molar-refractivity contribution in [1.82, 2.24) is 10.0 Å². The smallest absolute Gasteiger partial charge is 0.208 e. The van der Waals surface area contributed by atoms with Crippen molar-refractivity contribution < 1.29 is 8.42 Å². The van der Waals surface area contributed by atoms with Crippen LogP contribution >= 0.6 is 0 Å². The van der Waals surface area contributed by atoms with Crippen LogP contribution in [-0.4, -0.2) is 39.3 Å². The van der Waals surface area contributed by atoms with Gasteiger partial charge in [0.05, 0.1) is 6.26 Å². The highest BCUT2D eigenvalue weighted by Crippen LogP contribution is 2.26. The highest BCUT2D eigenvalue weighted by atomic mass is 32.2. The number of sulfonamides is 1. The molecule has 1 rings (SSSR count). The number of guanidine groups is 1. The minimum absolute atomic E-state index is 0.00925. The van der Waals surface area contributed by atoms with Crippen LogP contribution in [0, 0.1) is 11.8 Å². The molecule has 0 aromatic rings. The van der Waals surface area contributed by atoms with Gasteiger partial charge in [-0.1, -0.05) is 33.1 Å². The molecule has 1 fully saturated rings. The van der Waals surface area contributed by atoms with Gasteiger partial charge in [0.15, 0.2) is 5.96 Å². The van der Waals surface area contributed by atoms with E-state index in [4.69, 9.17) is 5.73 Å². The van der Waals surface area contributed by atoms with Crippen molar-refractivity contribution >= 4 is 16.0 Å². The number of hydrogen-bond donors (Lipinski definition) is 3. The average molecular weight is 347 g/mol. The van der Waals surface area contributed by atoms with Gasteiger partial charge in [0.2, 0.25) is 10.0 Å². The van der Waals surface area contributed by atoms with Gasteiger partial charge in [-0.2, -0.15) is 0 Å². The minimum Gasteiger partial charge on any atom is -0.370 e. The van der Waals surface area contributed by atoms with Gasteiger partial charge in [-0.15, -0.1) is 0 Å². The topological polar surface area (TPSA) is 96.6 Å². The summed E-state index contributed by atoms with van der Waals surface area (Å²) in [4.78, 5) is 4.42. The second-order valence-electron chi connectivity index (χ2n) is 7.28. The zero-order valence-corrected chi connectivity index (χ0v) is 15.8. The molecule has 1 saturated carbocycles. The molecule has 1 aliphatic carbocycles. The first-order valence-electron chi connectivity index (χ1n) is 8.71. The predicted octanol–water partition coefficient (Wildman–Crippen LogP) is 1.82. The summed E-state index contributed by atoms with van der Waals surface area (Å²) in [6.07, 6.45) is 7.61.